The molecule has 0 heterocycles. The van der Waals surface area contributed by atoms with Gasteiger partial charge in [0.2, 0.25) is 11.8 Å². The van der Waals surface area contributed by atoms with E-state index in [2.05, 4.69) is 10.6 Å². The van der Waals surface area contributed by atoms with E-state index in [4.69, 9.17) is 10.5 Å². The van der Waals surface area contributed by atoms with Gasteiger partial charge >= 0.3 is 0 Å². The SMILES string of the molecule is CCOc1ccc(NC(=O)CNC(=O)C2CCCCC2(C)N)cc1. The van der Waals surface area contributed by atoms with E-state index in [-0.39, 0.29) is 24.3 Å². The Morgan fingerprint density at radius 2 is 2.00 bits per heavy atom. The highest BCUT2D eigenvalue weighted by Gasteiger charge is 2.37. The van der Waals surface area contributed by atoms with Crippen LogP contribution in [0.3, 0.4) is 0 Å². The number of carbonyl (C=O) groups is 2. The number of carbonyl (C=O) groups excluding carboxylic acids is 2. The Labute approximate surface area is 143 Å². The van der Waals surface area contributed by atoms with Gasteiger partial charge in [0.15, 0.2) is 0 Å². The molecule has 132 valence electrons. The fraction of sp³-hybridized carbons (Fsp3) is 0.556. The Hall–Kier alpha value is -2.08. The summed E-state index contributed by atoms with van der Waals surface area (Å²) in [6, 6.07) is 7.12. The van der Waals surface area contributed by atoms with Gasteiger partial charge in [0.05, 0.1) is 19.1 Å². The molecule has 0 aliphatic heterocycles. The highest BCUT2D eigenvalue weighted by atomic mass is 16.5. The Morgan fingerprint density at radius 3 is 2.62 bits per heavy atom. The zero-order chi connectivity index (χ0) is 17.6. The topological polar surface area (TPSA) is 93.5 Å². The van der Waals surface area contributed by atoms with Crippen LogP contribution in [0.2, 0.25) is 0 Å². The van der Waals surface area contributed by atoms with E-state index < -0.39 is 5.54 Å². The van der Waals surface area contributed by atoms with Gasteiger partial charge in [-0.05, 0) is 51.0 Å². The minimum atomic E-state index is -0.492. The van der Waals surface area contributed by atoms with Gasteiger partial charge in [-0.3, -0.25) is 9.59 Å². The summed E-state index contributed by atoms with van der Waals surface area (Å²) in [5.74, 6) is 0.122. The lowest BCUT2D eigenvalue weighted by molar-refractivity contribution is -0.130. The highest BCUT2D eigenvalue weighted by molar-refractivity contribution is 5.95. The van der Waals surface area contributed by atoms with Crippen LogP contribution in [0.25, 0.3) is 0 Å². The van der Waals surface area contributed by atoms with Gasteiger partial charge in [-0.15, -0.1) is 0 Å². The number of anilines is 1. The van der Waals surface area contributed by atoms with E-state index >= 15 is 0 Å². The first kappa shape index (κ1) is 18.3. The van der Waals surface area contributed by atoms with Gasteiger partial charge < -0.3 is 21.1 Å². The molecule has 1 aromatic rings. The minimum absolute atomic E-state index is 0.0569. The number of hydrogen-bond acceptors (Lipinski definition) is 4. The Kier molecular flexibility index (Phi) is 6.20. The van der Waals surface area contributed by atoms with Gasteiger partial charge in [-0.1, -0.05) is 12.8 Å². The molecular formula is C18H27N3O3. The van der Waals surface area contributed by atoms with Crippen molar-refractivity contribution in [3.8, 4) is 5.75 Å². The Morgan fingerprint density at radius 1 is 1.29 bits per heavy atom. The van der Waals surface area contributed by atoms with Crippen molar-refractivity contribution < 1.29 is 14.3 Å². The molecule has 0 aromatic heterocycles. The summed E-state index contributed by atoms with van der Waals surface area (Å²) in [4.78, 5) is 24.3. The second kappa shape index (κ2) is 8.15. The molecule has 0 radical (unpaired) electrons. The lowest BCUT2D eigenvalue weighted by Gasteiger charge is -2.37. The fourth-order valence-electron chi connectivity index (χ4n) is 3.09. The van der Waals surface area contributed by atoms with Crippen molar-refractivity contribution in [2.75, 3.05) is 18.5 Å². The summed E-state index contributed by atoms with van der Waals surface area (Å²) in [6.45, 7) is 4.37. The van der Waals surface area contributed by atoms with Gasteiger partial charge in [0, 0.05) is 11.2 Å². The molecule has 2 atom stereocenters. The molecule has 4 N–H and O–H groups in total. The molecule has 24 heavy (non-hydrogen) atoms. The molecule has 2 unspecified atom stereocenters. The smallest absolute Gasteiger partial charge is 0.243 e. The standard InChI is InChI=1S/C18H27N3O3/c1-3-24-14-9-7-13(8-10-14)21-16(22)12-20-17(23)15-6-4-5-11-18(15,2)19/h7-10,15H,3-6,11-12,19H2,1-2H3,(H,20,23)(H,21,22). The molecule has 2 rings (SSSR count). The van der Waals surface area contributed by atoms with E-state index in [1.165, 1.54) is 0 Å². The maximum absolute atomic E-state index is 12.3. The number of hydrogen-bond donors (Lipinski definition) is 3. The fourth-order valence-corrected chi connectivity index (χ4v) is 3.09. The van der Waals surface area contributed by atoms with Crippen molar-refractivity contribution >= 4 is 17.5 Å². The van der Waals surface area contributed by atoms with Gasteiger partial charge in [0.1, 0.15) is 5.75 Å². The molecule has 6 heteroatoms. The summed E-state index contributed by atoms with van der Waals surface area (Å²) in [5.41, 5.74) is 6.39. The number of nitrogens with one attached hydrogen (secondary N) is 2. The summed E-state index contributed by atoms with van der Waals surface area (Å²) in [6.07, 6.45) is 3.67. The first-order valence-corrected chi connectivity index (χ1v) is 8.51. The Balaban J connectivity index is 1.81. The zero-order valence-corrected chi connectivity index (χ0v) is 14.4. The predicted octanol–water partition coefficient (Wildman–Crippen LogP) is 2.05. The molecule has 1 aromatic carbocycles. The third-order valence-corrected chi connectivity index (χ3v) is 4.44. The molecule has 2 amide bonds. The number of benzene rings is 1. The largest absolute Gasteiger partial charge is 0.494 e. The summed E-state index contributed by atoms with van der Waals surface area (Å²) >= 11 is 0. The number of rotatable bonds is 6. The van der Waals surface area contributed by atoms with Crippen molar-refractivity contribution in [3.05, 3.63) is 24.3 Å². The normalized spacial score (nSPS) is 23.4. The first-order chi connectivity index (χ1) is 11.4. The van der Waals surface area contributed by atoms with Crippen LogP contribution in [-0.2, 0) is 9.59 Å². The summed E-state index contributed by atoms with van der Waals surface area (Å²) in [5, 5.41) is 5.45. The molecule has 6 nitrogen and oxygen atoms in total. The molecule has 0 bridgehead atoms. The number of amides is 2. The molecular weight excluding hydrogens is 306 g/mol. The van der Waals surface area contributed by atoms with E-state index in [0.717, 1.165) is 31.4 Å². The second-order valence-electron chi connectivity index (χ2n) is 6.53. The first-order valence-electron chi connectivity index (χ1n) is 8.51. The van der Waals surface area contributed by atoms with E-state index in [1.807, 2.05) is 13.8 Å². The van der Waals surface area contributed by atoms with Crippen LogP contribution in [0.1, 0.15) is 39.5 Å². The molecule has 1 fully saturated rings. The van der Waals surface area contributed by atoms with Crippen LogP contribution in [-0.4, -0.2) is 30.5 Å². The molecule has 0 spiro atoms. The van der Waals surface area contributed by atoms with Crippen LogP contribution in [0.5, 0.6) is 5.75 Å². The third kappa shape index (κ3) is 4.96. The van der Waals surface area contributed by atoms with E-state index in [1.54, 1.807) is 24.3 Å². The lowest BCUT2D eigenvalue weighted by Crippen LogP contribution is -2.53. The van der Waals surface area contributed by atoms with Crippen LogP contribution in [0.4, 0.5) is 5.69 Å². The van der Waals surface area contributed by atoms with Crippen LogP contribution >= 0.6 is 0 Å². The summed E-state index contributed by atoms with van der Waals surface area (Å²) < 4.78 is 5.35. The molecule has 1 saturated carbocycles. The summed E-state index contributed by atoms with van der Waals surface area (Å²) in [7, 11) is 0. The quantitative estimate of drug-likeness (QED) is 0.743. The third-order valence-electron chi connectivity index (χ3n) is 4.44. The number of nitrogens with two attached hydrogens (primary N) is 1. The van der Waals surface area contributed by atoms with E-state index in [9.17, 15) is 9.59 Å². The molecule has 1 aliphatic carbocycles. The predicted molar refractivity (Wildman–Crippen MR) is 93.8 cm³/mol. The maximum Gasteiger partial charge on any atom is 0.243 e. The lowest BCUT2D eigenvalue weighted by atomic mass is 9.74. The van der Waals surface area contributed by atoms with E-state index in [0.29, 0.717) is 12.3 Å². The van der Waals surface area contributed by atoms with Gasteiger partial charge in [-0.2, -0.15) is 0 Å². The van der Waals surface area contributed by atoms with Crippen molar-refractivity contribution in [3.63, 3.8) is 0 Å². The average molecular weight is 333 g/mol. The number of ether oxygens (including phenoxy) is 1. The van der Waals surface area contributed by atoms with Crippen molar-refractivity contribution in [1.82, 2.24) is 5.32 Å². The van der Waals surface area contributed by atoms with Crippen LogP contribution in [0.15, 0.2) is 24.3 Å². The second-order valence-corrected chi connectivity index (χ2v) is 6.53. The van der Waals surface area contributed by atoms with Crippen molar-refractivity contribution in [1.29, 1.82) is 0 Å². The van der Waals surface area contributed by atoms with Crippen molar-refractivity contribution in [2.45, 2.75) is 45.1 Å². The van der Waals surface area contributed by atoms with Gasteiger partial charge in [0.25, 0.3) is 0 Å². The maximum atomic E-state index is 12.3. The molecule has 0 saturated heterocycles. The zero-order valence-electron chi connectivity index (χ0n) is 14.4. The van der Waals surface area contributed by atoms with Crippen LogP contribution in [0, 0.1) is 5.92 Å². The van der Waals surface area contributed by atoms with Crippen LogP contribution < -0.4 is 21.1 Å². The van der Waals surface area contributed by atoms with Gasteiger partial charge in [-0.25, -0.2) is 0 Å². The monoisotopic (exact) mass is 333 g/mol. The minimum Gasteiger partial charge on any atom is -0.494 e. The Bertz CT molecular complexity index is 569. The van der Waals surface area contributed by atoms with Crippen molar-refractivity contribution in [2.24, 2.45) is 11.7 Å². The highest BCUT2D eigenvalue weighted by Crippen LogP contribution is 2.31. The average Bonchev–Trinajstić information content (AvgIpc) is 2.54. The molecule has 1 aliphatic rings.